The number of ether oxygens (including phenoxy) is 1. The number of nitrogens with zero attached hydrogens (tertiary/aromatic N) is 2. The smallest absolute Gasteiger partial charge is 0.223 e. The minimum absolute atomic E-state index is 0.128. The van der Waals surface area contributed by atoms with Crippen LogP contribution in [0.2, 0.25) is 0 Å². The Morgan fingerprint density at radius 1 is 1.15 bits per heavy atom. The van der Waals surface area contributed by atoms with Crippen molar-refractivity contribution in [2.75, 3.05) is 0 Å². The number of rotatable bonds is 3. The van der Waals surface area contributed by atoms with E-state index in [9.17, 15) is 4.39 Å². The van der Waals surface area contributed by atoms with E-state index in [1.165, 1.54) is 6.07 Å². The number of aromatic nitrogens is 2. The predicted octanol–water partition coefficient (Wildman–Crippen LogP) is 4.30. The van der Waals surface area contributed by atoms with E-state index < -0.39 is 5.82 Å². The van der Waals surface area contributed by atoms with E-state index >= 15 is 0 Å². The Morgan fingerprint density at radius 2 is 2.05 bits per heavy atom. The van der Waals surface area contributed by atoms with Crippen LogP contribution in [0.15, 0.2) is 48.8 Å². The quantitative estimate of drug-likeness (QED) is 0.674. The Morgan fingerprint density at radius 3 is 2.90 bits per heavy atom. The van der Waals surface area contributed by atoms with Crippen LogP contribution in [0.25, 0.3) is 10.9 Å². The van der Waals surface area contributed by atoms with E-state index in [0.29, 0.717) is 17.2 Å². The zero-order valence-corrected chi connectivity index (χ0v) is 11.1. The molecule has 0 bridgehead atoms. The molecule has 0 saturated carbocycles. The Balaban J connectivity index is 2.05. The number of hydrogen-bond acceptors (Lipinski definition) is 3. The van der Waals surface area contributed by atoms with Crippen molar-refractivity contribution in [3.05, 3.63) is 60.2 Å². The summed E-state index contributed by atoms with van der Waals surface area (Å²) in [5.41, 5.74) is 1.33. The number of benzene rings is 1. The van der Waals surface area contributed by atoms with Gasteiger partial charge in [-0.05, 0) is 30.3 Å². The number of halogens is 2. The molecule has 0 aliphatic heterocycles. The second-order valence-electron chi connectivity index (χ2n) is 4.18. The molecule has 2 heterocycles. The molecular weight excluding hydrogens is 279 g/mol. The minimum Gasteiger partial charge on any atom is -0.438 e. The van der Waals surface area contributed by atoms with Gasteiger partial charge in [-0.3, -0.25) is 4.98 Å². The van der Waals surface area contributed by atoms with E-state index in [0.717, 1.165) is 17.1 Å². The molecule has 0 amide bonds. The summed E-state index contributed by atoms with van der Waals surface area (Å²) in [4.78, 5) is 8.20. The van der Waals surface area contributed by atoms with Crippen molar-refractivity contribution in [3.63, 3.8) is 0 Å². The molecular formula is C15H10ClFN2O. The van der Waals surface area contributed by atoms with Crippen LogP contribution < -0.4 is 4.74 Å². The molecule has 0 radical (unpaired) electrons. The lowest BCUT2D eigenvalue weighted by Gasteiger charge is -2.10. The third-order valence-electron chi connectivity index (χ3n) is 2.85. The fourth-order valence-electron chi connectivity index (χ4n) is 1.92. The van der Waals surface area contributed by atoms with Gasteiger partial charge in [0.25, 0.3) is 0 Å². The van der Waals surface area contributed by atoms with Gasteiger partial charge in [0.15, 0.2) is 0 Å². The number of alkyl halides is 1. The molecule has 0 aliphatic rings. The van der Waals surface area contributed by atoms with E-state index in [-0.39, 0.29) is 5.88 Å². The molecule has 0 saturated heterocycles. The van der Waals surface area contributed by atoms with Gasteiger partial charge in [0.1, 0.15) is 11.6 Å². The summed E-state index contributed by atoms with van der Waals surface area (Å²) in [5.74, 6) is 0.606. The lowest BCUT2D eigenvalue weighted by molar-refractivity contribution is 0.459. The van der Waals surface area contributed by atoms with E-state index in [1.807, 2.05) is 30.3 Å². The van der Waals surface area contributed by atoms with Crippen molar-refractivity contribution in [3.8, 4) is 11.6 Å². The van der Waals surface area contributed by atoms with Crippen molar-refractivity contribution >= 4 is 22.5 Å². The van der Waals surface area contributed by atoms with Crippen LogP contribution in [0, 0.1) is 5.82 Å². The SMILES string of the molecule is Fc1cnc(Oc2cccc3ncccc23)c(CCl)c1. The standard InChI is InChI=1S/C15H10ClFN2O/c16-8-10-7-11(17)9-19-15(10)20-14-5-1-4-13-12(14)3-2-6-18-13/h1-7,9H,8H2. The van der Waals surface area contributed by atoms with Crippen molar-refractivity contribution < 1.29 is 9.13 Å². The zero-order chi connectivity index (χ0) is 13.9. The van der Waals surface area contributed by atoms with Gasteiger partial charge in [-0.1, -0.05) is 6.07 Å². The summed E-state index contributed by atoms with van der Waals surface area (Å²) in [7, 11) is 0. The summed E-state index contributed by atoms with van der Waals surface area (Å²) in [6, 6.07) is 10.6. The third-order valence-corrected chi connectivity index (χ3v) is 3.14. The normalized spacial score (nSPS) is 10.7. The molecule has 1 aromatic carbocycles. The highest BCUT2D eigenvalue weighted by Crippen LogP contribution is 2.30. The summed E-state index contributed by atoms with van der Waals surface area (Å²) >= 11 is 5.79. The van der Waals surface area contributed by atoms with Crippen molar-refractivity contribution in [2.45, 2.75) is 5.88 Å². The second-order valence-corrected chi connectivity index (χ2v) is 4.45. The largest absolute Gasteiger partial charge is 0.438 e. The van der Waals surface area contributed by atoms with Crippen LogP contribution in [-0.4, -0.2) is 9.97 Å². The molecule has 20 heavy (non-hydrogen) atoms. The third kappa shape index (κ3) is 2.42. The van der Waals surface area contributed by atoms with Crippen LogP contribution in [0.4, 0.5) is 4.39 Å². The fourth-order valence-corrected chi connectivity index (χ4v) is 2.12. The minimum atomic E-state index is -0.437. The number of pyridine rings is 2. The van der Waals surface area contributed by atoms with Crippen LogP contribution in [0.5, 0.6) is 11.6 Å². The Labute approximate surface area is 120 Å². The summed E-state index contributed by atoms with van der Waals surface area (Å²) in [5, 5.41) is 0.863. The molecule has 0 aliphatic carbocycles. The Bertz CT molecular complexity index is 758. The maximum atomic E-state index is 13.1. The maximum Gasteiger partial charge on any atom is 0.223 e. The molecule has 2 aromatic heterocycles. The van der Waals surface area contributed by atoms with E-state index in [1.54, 1.807) is 6.20 Å². The summed E-state index contributed by atoms with van der Waals surface area (Å²) in [6.07, 6.45) is 2.82. The molecule has 100 valence electrons. The highest BCUT2D eigenvalue weighted by Gasteiger charge is 2.10. The predicted molar refractivity (Wildman–Crippen MR) is 75.6 cm³/mol. The molecule has 3 aromatic rings. The van der Waals surface area contributed by atoms with Gasteiger partial charge in [-0.25, -0.2) is 9.37 Å². The average molecular weight is 289 g/mol. The molecule has 3 nitrogen and oxygen atoms in total. The van der Waals surface area contributed by atoms with Crippen LogP contribution in [0.1, 0.15) is 5.56 Å². The first-order chi connectivity index (χ1) is 9.78. The second kappa shape index (κ2) is 5.43. The first-order valence-electron chi connectivity index (χ1n) is 6.00. The first kappa shape index (κ1) is 12.8. The van der Waals surface area contributed by atoms with Crippen LogP contribution in [-0.2, 0) is 5.88 Å². The van der Waals surface area contributed by atoms with E-state index in [2.05, 4.69) is 9.97 Å². The van der Waals surface area contributed by atoms with Crippen LogP contribution in [0.3, 0.4) is 0 Å². The molecule has 0 unspecified atom stereocenters. The van der Waals surface area contributed by atoms with Gasteiger partial charge in [-0.2, -0.15) is 0 Å². The van der Waals surface area contributed by atoms with Crippen molar-refractivity contribution in [1.82, 2.24) is 9.97 Å². The topological polar surface area (TPSA) is 35.0 Å². The van der Waals surface area contributed by atoms with Gasteiger partial charge in [0.2, 0.25) is 5.88 Å². The highest BCUT2D eigenvalue weighted by molar-refractivity contribution is 6.17. The highest BCUT2D eigenvalue weighted by atomic mass is 35.5. The van der Waals surface area contributed by atoms with Gasteiger partial charge in [0.05, 0.1) is 17.6 Å². The maximum absolute atomic E-state index is 13.1. The van der Waals surface area contributed by atoms with Gasteiger partial charge < -0.3 is 4.74 Å². The Hall–Kier alpha value is -2.20. The molecule has 0 atom stereocenters. The van der Waals surface area contributed by atoms with Gasteiger partial charge in [-0.15, -0.1) is 11.6 Å². The van der Waals surface area contributed by atoms with Crippen molar-refractivity contribution in [1.29, 1.82) is 0 Å². The van der Waals surface area contributed by atoms with Gasteiger partial charge in [0, 0.05) is 17.1 Å². The first-order valence-corrected chi connectivity index (χ1v) is 6.53. The average Bonchev–Trinajstić information content (AvgIpc) is 2.49. The molecule has 0 N–H and O–H groups in total. The molecule has 3 rings (SSSR count). The summed E-state index contributed by atoms with van der Waals surface area (Å²) < 4.78 is 18.9. The van der Waals surface area contributed by atoms with Crippen LogP contribution >= 0.6 is 11.6 Å². The van der Waals surface area contributed by atoms with Gasteiger partial charge >= 0.3 is 0 Å². The Kier molecular flexibility index (Phi) is 3.48. The summed E-state index contributed by atoms with van der Waals surface area (Å²) in [6.45, 7) is 0. The number of fused-ring (bicyclic) bond motifs is 1. The van der Waals surface area contributed by atoms with E-state index in [4.69, 9.17) is 16.3 Å². The number of hydrogen-bond donors (Lipinski definition) is 0. The molecule has 5 heteroatoms. The molecule has 0 spiro atoms. The zero-order valence-electron chi connectivity index (χ0n) is 10.4. The monoisotopic (exact) mass is 288 g/mol. The fraction of sp³-hybridized carbons (Fsp3) is 0.0667. The van der Waals surface area contributed by atoms with Crippen molar-refractivity contribution in [2.24, 2.45) is 0 Å². The lowest BCUT2D eigenvalue weighted by Crippen LogP contribution is -1.95. The molecule has 0 fully saturated rings. The lowest BCUT2D eigenvalue weighted by atomic mass is 10.2.